The van der Waals surface area contributed by atoms with Crippen LogP contribution in [0.3, 0.4) is 0 Å². The second kappa shape index (κ2) is 9.57. The number of sulfone groups is 1. The van der Waals surface area contributed by atoms with E-state index in [0.717, 1.165) is 6.26 Å². The molecule has 37 heavy (non-hydrogen) atoms. The molecule has 3 aliphatic heterocycles. The molecule has 3 atom stereocenters. The largest absolute Gasteiger partial charge is 0.486 e. The number of rotatable bonds is 4. The van der Waals surface area contributed by atoms with Gasteiger partial charge in [-0.3, -0.25) is 4.79 Å². The molecule has 0 spiro atoms. The number of anilines is 1. The van der Waals surface area contributed by atoms with Gasteiger partial charge >= 0.3 is 6.09 Å². The smallest absolute Gasteiger partial charge is 0.407 e. The highest BCUT2D eigenvalue weighted by Crippen LogP contribution is 2.43. The van der Waals surface area contributed by atoms with Crippen LogP contribution in [-0.2, 0) is 24.1 Å². The van der Waals surface area contributed by atoms with Crippen molar-refractivity contribution in [3.8, 4) is 5.75 Å². The van der Waals surface area contributed by atoms with E-state index in [4.69, 9.17) is 14.2 Å². The van der Waals surface area contributed by atoms with Crippen LogP contribution in [0.1, 0.15) is 64.3 Å². The first-order valence-electron chi connectivity index (χ1n) is 12.5. The Morgan fingerprint density at radius 2 is 1.81 bits per heavy atom. The lowest BCUT2D eigenvalue weighted by Gasteiger charge is -2.45. The zero-order chi connectivity index (χ0) is 27.3. The Morgan fingerprint density at radius 3 is 2.46 bits per heavy atom. The molecule has 4 rings (SSSR count). The van der Waals surface area contributed by atoms with E-state index in [9.17, 15) is 18.0 Å². The fourth-order valence-electron chi connectivity index (χ4n) is 4.69. The number of carbonyl (C=O) groups is 2. The van der Waals surface area contributed by atoms with Crippen LogP contribution in [0.2, 0.25) is 0 Å². The van der Waals surface area contributed by atoms with E-state index >= 15 is 0 Å². The maximum Gasteiger partial charge on any atom is 0.407 e. The van der Waals surface area contributed by atoms with Gasteiger partial charge in [0.1, 0.15) is 22.6 Å². The van der Waals surface area contributed by atoms with E-state index in [2.05, 4.69) is 15.3 Å². The van der Waals surface area contributed by atoms with Gasteiger partial charge in [0.15, 0.2) is 21.4 Å². The number of hydrogen-bond donors (Lipinski definition) is 1. The first-order valence-corrected chi connectivity index (χ1v) is 14.4. The Labute approximate surface area is 218 Å². The normalized spacial score (nSPS) is 24.1. The number of morpholine rings is 1. The maximum absolute atomic E-state index is 13.6. The molecular weight excluding hydrogens is 502 g/mol. The minimum absolute atomic E-state index is 0.0531. The Balaban J connectivity index is 1.67. The zero-order valence-corrected chi connectivity index (χ0v) is 23.3. The van der Waals surface area contributed by atoms with Crippen LogP contribution in [0.25, 0.3) is 0 Å². The summed E-state index contributed by atoms with van der Waals surface area (Å²) in [5.74, 6) is 0.138. The van der Waals surface area contributed by atoms with Crippen LogP contribution in [0.4, 0.5) is 10.6 Å². The lowest BCUT2D eigenvalue weighted by Crippen LogP contribution is -2.56. The Hall–Kier alpha value is -2.67. The zero-order valence-electron chi connectivity index (χ0n) is 22.5. The van der Waals surface area contributed by atoms with Gasteiger partial charge in [-0.05, 0) is 48.0 Å². The topological polar surface area (TPSA) is 140 Å². The molecule has 206 valence electrons. The molecule has 12 nitrogen and oxygen atoms in total. The summed E-state index contributed by atoms with van der Waals surface area (Å²) in [5.41, 5.74) is -0.475. The van der Waals surface area contributed by atoms with Gasteiger partial charge in [-0.25, -0.2) is 23.2 Å². The molecule has 0 saturated carbocycles. The highest BCUT2D eigenvalue weighted by Gasteiger charge is 2.44. The van der Waals surface area contributed by atoms with E-state index in [1.54, 1.807) is 39.5 Å². The highest BCUT2D eigenvalue weighted by molar-refractivity contribution is 7.91. The molecule has 4 heterocycles. The van der Waals surface area contributed by atoms with E-state index in [-0.39, 0.29) is 41.9 Å². The molecule has 1 aromatic heterocycles. The monoisotopic (exact) mass is 539 g/mol. The van der Waals surface area contributed by atoms with E-state index in [1.165, 1.54) is 0 Å². The average Bonchev–Trinajstić information content (AvgIpc) is 3.23. The van der Waals surface area contributed by atoms with Crippen LogP contribution in [0.15, 0.2) is 0 Å². The summed E-state index contributed by atoms with van der Waals surface area (Å²) in [6.45, 7) is 12.3. The minimum Gasteiger partial charge on any atom is -0.486 e. The molecule has 0 unspecified atom stereocenters. The summed E-state index contributed by atoms with van der Waals surface area (Å²) in [6, 6.07) is -0.449. The number of hydrogen-bond acceptors (Lipinski definition) is 10. The number of fused-ring (bicyclic) bond motifs is 3. The predicted octanol–water partition coefficient (Wildman–Crippen LogP) is 1.48. The number of likely N-dealkylation sites (tertiary alicyclic amines) is 1. The fourth-order valence-corrected chi connectivity index (χ4v) is 5.18. The van der Waals surface area contributed by atoms with Crippen molar-refractivity contribution < 1.29 is 32.2 Å². The molecule has 0 radical (unpaired) electrons. The van der Waals surface area contributed by atoms with Gasteiger partial charge in [0.25, 0.3) is 5.91 Å². The number of carbonyl (C=O) groups excluding carboxylic acids is 2. The Bertz CT molecular complexity index is 1180. The van der Waals surface area contributed by atoms with Gasteiger partial charge in [-0.15, -0.1) is 0 Å². The van der Waals surface area contributed by atoms with Crippen molar-refractivity contribution in [2.75, 3.05) is 44.1 Å². The Kier molecular flexibility index (Phi) is 7.08. The Morgan fingerprint density at radius 1 is 1.11 bits per heavy atom. The van der Waals surface area contributed by atoms with Gasteiger partial charge < -0.3 is 29.3 Å². The molecule has 2 saturated heterocycles. The number of ether oxygens (including phenoxy) is 3. The first kappa shape index (κ1) is 27.4. The molecule has 0 bridgehead atoms. The van der Waals surface area contributed by atoms with Crippen LogP contribution in [-0.4, -0.2) is 98.2 Å². The summed E-state index contributed by atoms with van der Waals surface area (Å²) in [7, 11) is -3.63. The first-order chi connectivity index (χ1) is 17.1. The highest BCUT2D eigenvalue weighted by atomic mass is 32.2. The predicted molar refractivity (Wildman–Crippen MR) is 136 cm³/mol. The van der Waals surface area contributed by atoms with Gasteiger partial charge in [0.05, 0.1) is 31.3 Å². The van der Waals surface area contributed by atoms with E-state index in [1.807, 2.05) is 11.8 Å². The summed E-state index contributed by atoms with van der Waals surface area (Å²) >= 11 is 0. The van der Waals surface area contributed by atoms with Gasteiger partial charge in [-0.1, -0.05) is 0 Å². The van der Waals surface area contributed by atoms with Crippen LogP contribution in [0.5, 0.6) is 5.75 Å². The maximum atomic E-state index is 13.6. The standard InChI is InChI=1S/C24H37N5O7S/c1-14-11-34-12-16-13-35-17-18(24(5,6)37(7,32)33)26-19(27-20(17)29(14)16)21(30)28-9-8-15(10-28)25-22(31)36-23(2,3)4/h14-16H,8-13H2,1-7H3,(H,25,31)/t14-,15+,16+/m1/s1. The van der Waals surface area contributed by atoms with Crippen molar-refractivity contribution in [3.05, 3.63) is 11.5 Å². The molecule has 1 aromatic rings. The number of nitrogens with one attached hydrogen (secondary N) is 1. The van der Waals surface area contributed by atoms with E-state index < -0.39 is 32.2 Å². The second-order valence-corrected chi connectivity index (χ2v) is 14.0. The van der Waals surface area contributed by atoms with Crippen molar-refractivity contribution in [1.29, 1.82) is 0 Å². The lowest BCUT2D eigenvalue weighted by molar-refractivity contribution is 0.0479. The van der Waals surface area contributed by atoms with E-state index in [0.29, 0.717) is 38.6 Å². The fraction of sp³-hybridized carbons (Fsp3) is 0.750. The average molecular weight is 540 g/mol. The molecule has 2 amide bonds. The molecule has 1 N–H and O–H groups in total. The summed E-state index contributed by atoms with van der Waals surface area (Å²) < 4.78 is 41.1. The molecule has 0 aromatic carbocycles. The third kappa shape index (κ3) is 5.47. The molecular formula is C24H37N5O7S. The van der Waals surface area contributed by atoms with Crippen LogP contribution >= 0.6 is 0 Å². The second-order valence-electron chi connectivity index (χ2n) is 11.5. The molecule has 13 heteroatoms. The number of nitrogens with zero attached hydrogens (tertiary/aromatic N) is 4. The van der Waals surface area contributed by atoms with Crippen LogP contribution < -0.4 is 15.0 Å². The van der Waals surface area contributed by atoms with Crippen molar-refractivity contribution in [2.24, 2.45) is 0 Å². The van der Waals surface area contributed by atoms with Crippen molar-refractivity contribution in [2.45, 2.75) is 76.4 Å². The van der Waals surface area contributed by atoms with Crippen molar-refractivity contribution in [3.63, 3.8) is 0 Å². The summed E-state index contributed by atoms with van der Waals surface area (Å²) in [5, 5.41) is 2.80. The lowest BCUT2D eigenvalue weighted by atomic mass is 10.0. The molecule has 0 aliphatic carbocycles. The number of alkyl carbamates (subject to hydrolysis) is 1. The molecule has 3 aliphatic rings. The van der Waals surface area contributed by atoms with Gasteiger partial charge in [0, 0.05) is 19.3 Å². The van der Waals surface area contributed by atoms with Gasteiger partial charge in [-0.2, -0.15) is 0 Å². The number of aromatic nitrogens is 2. The third-order valence-corrected chi connectivity index (χ3v) is 8.98. The summed E-state index contributed by atoms with van der Waals surface area (Å²) in [4.78, 5) is 38.5. The quantitative estimate of drug-likeness (QED) is 0.598. The minimum atomic E-state index is -3.63. The van der Waals surface area contributed by atoms with Crippen LogP contribution in [0, 0.1) is 0 Å². The van der Waals surface area contributed by atoms with Gasteiger partial charge in [0.2, 0.25) is 5.82 Å². The number of amides is 2. The molecule has 2 fully saturated rings. The SMILES string of the molecule is C[C@@H]1COC[C@H]2COc3c(nc(C(=O)N4CC[C@H](NC(=O)OC(C)(C)C)C4)nc3C(C)(C)S(C)(=O)=O)N21. The van der Waals surface area contributed by atoms with Crippen molar-refractivity contribution in [1.82, 2.24) is 20.2 Å². The third-order valence-electron chi connectivity index (χ3n) is 6.93. The van der Waals surface area contributed by atoms with Crippen molar-refractivity contribution >= 4 is 27.7 Å². The summed E-state index contributed by atoms with van der Waals surface area (Å²) in [6.07, 6.45) is 1.14.